The molecule has 1 amide bonds. The van der Waals surface area contributed by atoms with E-state index in [0.29, 0.717) is 23.3 Å². The minimum atomic E-state index is -0.0273. The van der Waals surface area contributed by atoms with Crippen LogP contribution in [0, 0.1) is 5.92 Å². The normalized spacial score (nSPS) is 17.0. The van der Waals surface area contributed by atoms with Gasteiger partial charge >= 0.3 is 0 Å². The summed E-state index contributed by atoms with van der Waals surface area (Å²) >= 11 is 0. The van der Waals surface area contributed by atoms with E-state index >= 15 is 0 Å². The van der Waals surface area contributed by atoms with Crippen molar-refractivity contribution in [1.29, 1.82) is 0 Å². The van der Waals surface area contributed by atoms with Crippen LogP contribution in [0.5, 0.6) is 0 Å². The highest BCUT2D eigenvalue weighted by atomic mass is 16.5. The van der Waals surface area contributed by atoms with Crippen LogP contribution in [0.15, 0.2) is 47.6 Å². The second-order valence-electron chi connectivity index (χ2n) is 6.65. The number of carbonyl (C=O) groups excluding carboxylic acids is 1. The Balaban J connectivity index is 1.34. The zero-order chi connectivity index (χ0) is 18.5. The number of hydrogen-bond acceptors (Lipinski definition) is 7. The van der Waals surface area contributed by atoms with Gasteiger partial charge in [0.05, 0.1) is 5.56 Å². The van der Waals surface area contributed by atoms with Gasteiger partial charge in [-0.25, -0.2) is 9.97 Å². The second kappa shape index (κ2) is 8.03. The molecule has 4 rings (SSSR count). The molecule has 8 nitrogen and oxygen atoms in total. The van der Waals surface area contributed by atoms with Gasteiger partial charge in [-0.1, -0.05) is 5.16 Å². The van der Waals surface area contributed by atoms with Crippen LogP contribution in [-0.2, 0) is 6.42 Å². The molecule has 1 aliphatic rings. The summed E-state index contributed by atoms with van der Waals surface area (Å²) in [5, 5.41) is 4.07. The third-order valence-electron chi connectivity index (χ3n) is 4.76. The Kier molecular flexibility index (Phi) is 5.13. The molecular weight excluding hydrogens is 344 g/mol. The number of nitrogens with zero attached hydrogens (tertiary/aromatic N) is 6. The van der Waals surface area contributed by atoms with Gasteiger partial charge in [0, 0.05) is 38.1 Å². The summed E-state index contributed by atoms with van der Waals surface area (Å²) in [6.07, 6.45) is 10.1. The van der Waals surface area contributed by atoms with Crippen molar-refractivity contribution in [2.24, 2.45) is 5.92 Å². The Morgan fingerprint density at radius 2 is 2.22 bits per heavy atom. The van der Waals surface area contributed by atoms with E-state index in [1.54, 1.807) is 24.7 Å². The van der Waals surface area contributed by atoms with Crippen molar-refractivity contribution < 1.29 is 9.32 Å². The van der Waals surface area contributed by atoms with Gasteiger partial charge in [-0.05, 0) is 43.4 Å². The molecule has 3 aromatic heterocycles. The summed E-state index contributed by atoms with van der Waals surface area (Å²) in [6, 6.07) is 5.39. The van der Waals surface area contributed by atoms with E-state index in [0.717, 1.165) is 44.3 Å². The van der Waals surface area contributed by atoms with E-state index in [4.69, 9.17) is 4.52 Å². The predicted octanol–water partition coefficient (Wildman–Crippen LogP) is 2.41. The predicted molar refractivity (Wildman–Crippen MR) is 96.5 cm³/mol. The lowest BCUT2D eigenvalue weighted by molar-refractivity contribution is 0.0662. The molecule has 1 atom stereocenters. The van der Waals surface area contributed by atoms with Crippen molar-refractivity contribution >= 4 is 5.91 Å². The zero-order valence-corrected chi connectivity index (χ0v) is 14.9. The van der Waals surface area contributed by atoms with Gasteiger partial charge in [0.25, 0.3) is 11.8 Å². The molecule has 0 spiro atoms. The van der Waals surface area contributed by atoms with Gasteiger partial charge in [0.2, 0.25) is 0 Å². The fraction of sp³-hybridized carbons (Fsp3) is 0.368. The molecule has 27 heavy (non-hydrogen) atoms. The van der Waals surface area contributed by atoms with Crippen LogP contribution in [0.25, 0.3) is 11.5 Å². The highest BCUT2D eigenvalue weighted by Gasteiger charge is 2.25. The van der Waals surface area contributed by atoms with Crippen LogP contribution in [0.1, 0.15) is 35.6 Å². The van der Waals surface area contributed by atoms with Gasteiger partial charge in [0.15, 0.2) is 5.82 Å². The molecule has 0 radical (unpaired) electrons. The molecule has 3 aromatic rings. The fourth-order valence-corrected chi connectivity index (χ4v) is 3.36. The third-order valence-corrected chi connectivity index (χ3v) is 4.76. The lowest BCUT2D eigenvalue weighted by Gasteiger charge is -2.32. The van der Waals surface area contributed by atoms with Gasteiger partial charge in [-0.2, -0.15) is 4.98 Å². The molecule has 1 fully saturated rings. The number of carbonyl (C=O) groups is 1. The first-order valence-electron chi connectivity index (χ1n) is 9.08. The molecule has 8 heteroatoms. The molecule has 0 N–H and O–H groups in total. The number of aromatic nitrogens is 5. The van der Waals surface area contributed by atoms with Crippen molar-refractivity contribution in [2.45, 2.75) is 25.7 Å². The lowest BCUT2D eigenvalue weighted by atomic mass is 9.93. The number of aryl methyl sites for hydroxylation is 1. The highest BCUT2D eigenvalue weighted by Crippen LogP contribution is 2.23. The molecule has 1 saturated heterocycles. The van der Waals surface area contributed by atoms with Gasteiger partial charge in [-0.3, -0.25) is 9.78 Å². The largest absolute Gasteiger partial charge is 0.337 e. The number of pyridine rings is 1. The first-order chi connectivity index (χ1) is 13.3. The number of rotatable bonds is 5. The Bertz CT molecular complexity index is 883. The molecule has 0 aliphatic carbocycles. The summed E-state index contributed by atoms with van der Waals surface area (Å²) in [5.41, 5.74) is 1.26. The summed E-state index contributed by atoms with van der Waals surface area (Å²) in [5.74, 6) is 1.57. The van der Waals surface area contributed by atoms with E-state index in [9.17, 15) is 4.79 Å². The maximum Gasteiger partial charge on any atom is 0.272 e. The van der Waals surface area contributed by atoms with Crippen molar-refractivity contribution in [1.82, 2.24) is 30.0 Å². The van der Waals surface area contributed by atoms with Crippen LogP contribution in [0.3, 0.4) is 0 Å². The minimum absolute atomic E-state index is 0.0273. The Morgan fingerprint density at radius 3 is 3.04 bits per heavy atom. The first-order valence-corrected chi connectivity index (χ1v) is 9.08. The quantitative estimate of drug-likeness (QED) is 0.685. The summed E-state index contributed by atoms with van der Waals surface area (Å²) in [7, 11) is 0. The summed E-state index contributed by atoms with van der Waals surface area (Å²) in [6.45, 7) is 1.50. The molecule has 0 bridgehead atoms. The Morgan fingerprint density at radius 1 is 1.26 bits per heavy atom. The Labute approximate surface area is 156 Å². The van der Waals surface area contributed by atoms with Crippen molar-refractivity contribution in [3.63, 3.8) is 0 Å². The lowest BCUT2D eigenvalue weighted by Crippen LogP contribution is -2.40. The monoisotopic (exact) mass is 364 g/mol. The maximum absolute atomic E-state index is 12.6. The van der Waals surface area contributed by atoms with Gasteiger partial charge in [0.1, 0.15) is 12.0 Å². The number of piperidine rings is 1. The standard InChI is InChI=1S/C19H20N6O2/c26-19(16-7-9-21-13-22-16)25-10-2-3-14(12-25)5-6-17-23-18(27-24-17)15-4-1-8-20-11-15/h1,4,7-9,11,13-14H,2-3,5-6,10,12H2. The van der Waals surface area contributed by atoms with Gasteiger partial charge in [-0.15, -0.1) is 0 Å². The van der Waals surface area contributed by atoms with E-state index in [-0.39, 0.29) is 5.91 Å². The smallest absolute Gasteiger partial charge is 0.272 e. The van der Waals surface area contributed by atoms with Gasteiger partial charge < -0.3 is 9.42 Å². The van der Waals surface area contributed by atoms with Crippen LogP contribution >= 0.6 is 0 Å². The van der Waals surface area contributed by atoms with Crippen LogP contribution in [-0.4, -0.2) is 49.0 Å². The molecular formula is C19H20N6O2. The van der Waals surface area contributed by atoms with E-state index in [1.807, 2.05) is 17.0 Å². The molecule has 0 saturated carbocycles. The van der Waals surface area contributed by atoms with Crippen molar-refractivity contribution in [3.8, 4) is 11.5 Å². The van der Waals surface area contributed by atoms with Crippen LogP contribution in [0.2, 0.25) is 0 Å². The summed E-state index contributed by atoms with van der Waals surface area (Å²) < 4.78 is 5.33. The van der Waals surface area contributed by atoms with Crippen LogP contribution < -0.4 is 0 Å². The first kappa shape index (κ1) is 17.3. The summed E-state index contributed by atoms with van der Waals surface area (Å²) in [4.78, 5) is 30.9. The van der Waals surface area contributed by atoms with Crippen molar-refractivity contribution in [3.05, 3.63) is 54.6 Å². The molecule has 138 valence electrons. The zero-order valence-electron chi connectivity index (χ0n) is 14.9. The molecule has 1 unspecified atom stereocenters. The van der Waals surface area contributed by atoms with Crippen LogP contribution in [0.4, 0.5) is 0 Å². The highest BCUT2D eigenvalue weighted by molar-refractivity contribution is 5.92. The molecule has 4 heterocycles. The van der Waals surface area contributed by atoms with E-state index in [2.05, 4.69) is 25.1 Å². The number of likely N-dealkylation sites (tertiary alicyclic amines) is 1. The SMILES string of the molecule is O=C(c1ccncn1)N1CCCC(CCc2noc(-c3cccnc3)n2)C1. The maximum atomic E-state index is 12.6. The second-order valence-corrected chi connectivity index (χ2v) is 6.65. The van der Waals surface area contributed by atoms with Crippen molar-refractivity contribution in [2.75, 3.05) is 13.1 Å². The number of hydrogen-bond donors (Lipinski definition) is 0. The average Bonchev–Trinajstić information content (AvgIpc) is 3.22. The Hall–Kier alpha value is -3.16. The number of amides is 1. The fourth-order valence-electron chi connectivity index (χ4n) is 3.36. The topological polar surface area (TPSA) is 97.9 Å². The van der Waals surface area contributed by atoms with E-state index < -0.39 is 0 Å². The third kappa shape index (κ3) is 4.16. The molecule has 0 aromatic carbocycles. The minimum Gasteiger partial charge on any atom is -0.337 e. The molecule has 1 aliphatic heterocycles. The average molecular weight is 364 g/mol. The van der Waals surface area contributed by atoms with E-state index in [1.165, 1.54) is 6.33 Å².